The Morgan fingerprint density at radius 2 is 1.82 bits per heavy atom. The van der Waals surface area contributed by atoms with E-state index in [1.165, 1.54) is 0 Å². The van der Waals surface area contributed by atoms with Crippen molar-refractivity contribution in [3.63, 3.8) is 0 Å². The molecule has 146 valence electrons. The van der Waals surface area contributed by atoms with Gasteiger partial charge in [-0.3, -0.25) is 4.79 Å². The van der Waals surface area contributed by atoms with Gasteiger partial charge in [0.1, 0.15) is 5.82 Å². The van der Waals surface area contributed by atoms with E-state index >= 15 is 0 Å². The SMILES string of the molecule is Cc1ncc(C(CCCCCCc2ccc3cccnc3n2)CC(=O)O)cn1. The number of hydrogen-bond donors (Lipinski definition) is 1. The number of aryl methyl sites for hydroxylation is 2. The highest BCUT2D eigenvalue weighted by atomic mass is 16.4. The quantitative estimate of drug-likeness (QED) is 0.523. The van der Waals surface area contributed by atoms with Crippen molar-refractivity contribution in [3.8, 4) is 0 Å². The number of fused-ring (bicyclic) bond motifs is 1. The fourth-order valence-corrected chi connectivity index (χ4v) is 3.39. The van der Waals surface area contributed by atoms with Crippen LogP contribution in [0.1, 0.15) is 61.5 Å². The van der Waals surface area contributed by atoms with Crippen LogP contribution in [0.4, 0.5) is 0 Å². The molecule has 0 fully saturated rings. The fourth-order valence-electron chi connectivity index (χ4n) is 3.39. The third-order valence-electron chi connectivity index (χ3n) is 4.95. The van der Waals surface area contributed by atoms with Crippen LogP contribution in [0.5, 0.6) is 0 Å². The van der Waals surface area contributed by atoms with Crippen molar-refractivity contribution in [1.29, 1.82) is 0 Å². The maximum Gasteiger partial charge on any atom is 0.303 e. The predicted molar refractivity (Wildman–Crippen MR) is 108 cm³/mol. The third kappa shape index (κ3) is 5.81. The number of carbonyl (C=O) groups is 1. The summed E-state index contributed by atoms with van der Waals surface area (Å²) >= 11 is 0. The average molecular weight is 378 g/mol. The molecule has 0 aliphatic carbocycles. The van der Waals surface area contributed by atoms with E-state index in [9.17, 15) is 9.90 Å². The molecular weight excluding hydrogens is 352 g/mol. The van der Waals surface area contributed by atoms with Crippen molar-refractivity contribution >= 4 is 17.0 Å². The molecule has 3 aromatic heterocycles. The van der Waals surface area contributed by atoms with Crippen molar-refractivity contribution in [1.82, 2.24) is 19.9 Å². The summed E-state index contributed by atoms with van der Waals surface area (Å²) in [4.78, 5) is 28.5. The van der Waals surface area contributed by atoms with Gasteiger partial charge in [-0.2, -0.15) is 0 Å². The molecule has 0 aliphatic heterocycles. The number of hydrogen-bond acceptors (Lipinski definition) is 5. The summed E-state index contributed by atoms with van der Waals surface area (Å²) in [5.41, 5.74) is 2.80. The Kier molecular flexibility index (Phi) is 7.00. The van der Waals surface area contributed by atoms with Crippen molar-refractivity contribution in [2.45, 2.75) is 57.8 Å². The number of carboxylic acids is 1. The number of pyridine rings is 2. The van der Waals surface area contributed by atoms with Crippen LogP contribution in [-0.4, -0.2) is 31.0 Å². The molecule has 1 N–H and O–H groups in total. The predicted octanol–water partition coefficient (Wildman–Crippen LogP) is 4.48. The Morgan fingerprint density at radius 3 is 2.61 bits per heavy atom. The van der Waals surface area contributed by atoms with E-state index in [1.807, 2.05) is 19.1 Å². The molecule has 0 aliphatic rings. The van der Waals surface area contributed by atoms with E-state index in [0.29, 0.717) is 5.82 Å². The maximum absolute atomic E-state index is 11.2. The van der Waals surface area contributed by atoms with Gasteiger partial charge in [-0.05, 0) is 61.9 Å². The molecule has 3 aromatic rings. The third-order valence-corrected chi connectivity index (χ3v) is 4.95. The van der Waals surface area contributed by atoms with Crippen LogP contribution >= 0.6 is 0 Å². The number of nitrogens with zero attached hydrogens (tertiary/aromatic N) is 4. The summed E-state index contributed by atoms with van der Waals surface area (Å²) in [5.74, 6) is -0.0942. The smallest absolute Gasteiger partial charge is 0.303 e. The highest BCUT2D eigenvalue weighted by Crippen LogP contribution is 2.25. The molecule has 28 heavy (non-hydrogen) atoms. The molecule has 0 saturated carbocycles. The van der Waals surface area contributed by atoms with Crippen molar-refractivity contribution in [2.75, 3.05) is 0 Å². The van der Waals surface area contributed by atoms with Crippen LogP contribution in [0.15, 0.2) is 42.9 Å². The van der Waals surface area contributed by atoms with Crippen molar-refractivity contribution in [2.24, 2.45) is 0 Å². The molecule has 0 bridgehead atoms. The molecule has 3 heterocycles. The van der Waals surface area contributed by atoms with E-state index in [2.05, 4.69) is 32.1 Å². The summed E-state index contributed by atoms with van der Waals surface area (Å²) in [6, 6.07) is 8.09. The monoisotopic (exact) mass is 378 g/mol. The molecule has 0 spiro atoms. The van der Waals surface area contributed by atoms with Crippen LogP contribution in [-0.2, 0) is 11.2 Å². The highest BCUT2D eigenvalue weighted by molar-refractivity contribution is 5.74. The van der Waals surface area contributed by atoms with Crippen molar-refractivity contribution < 1.29 is 9.90 Å². The topological polar surface area (TPSA) is 88.9 Å². The summed E-state index contributed by atoms with van der Waals surface area (Å²) in [5, 5.41) is 10.3. The van der Waals surface area contributed by atoms with E-state index in [4.69, 9.17) is 0 Å². The average Bonchev–Trinajstić information content (AvgIpc) is 2.70. The molecule has 1 atom stereocenters. The number of aromatic nitrogens is 4. The van der Waals surface area contributed by atoms with Crippen molar-refractivity contribution in [3.05, 3.63) is 59.9 Å². The lowest BCUT2D eigenvalue weighted by molar-refractivity contribution is -0.137. The van der Waals surface area contributed by atoms with Crippen LogP contribution in [0.25, 0.3) is 11.0 Å². The zero-order valence-corrected chi connectivity index (χ0v) is 16.2. The fraction of sp³-hybridized carbons (Fsp3) is 0.409. The molecule has 3 rings (SSSR count). The summed E-state index contributed by atoms with van der Waals surface area (Å²) in [7, 11) is 0. The Bertz CT molecular complexity index is 912. The first kappa shape index (κ1) is 19.9. The van der Waals surface area contributed by atoms with E-state index in [1.54, 1.807) is 18.6 Å². The van der Waals surface area contributed by atoms with E-state index in [0.717, 1.165) is 60.8 Å². The lowest BCUT2D eigenvalue weighted by atomic mass is 9.92. The van der Waals surface area contributed by atoms with E-state index in [-0.39, 0.29) is 12.3 Å². The van der Waals surface area contributed by atoms with Gasteiger partial charge in [0, 0.05) is 29.7 Å². The number of rotatable bonds is 10. The van der Waals surface area contributed by atoms with Gasteiger partial charge >= 0.3 is 5.97 Å². The molecule has 6 heteroatoms. The lowest BCUT2D eigenvalue weighted by Crippen LogP contribution is -2.08. The van der Waals surface area contributed by atoms with Crippen LogP contribution < -0.4 is 0 Å². The summed E-state index contributed by atoms with van der Waals surface area (Å²) in [6.45, 7) is 1.83. The molecule has 0 aromatic carbocycles. The Balaban J connectivity index is 1.42. The Morgan fingerprint density at radius 1 is 1.04 bits per heavy atom. The Labute approximate surface area is 165 Å². The van der Waals surface area contributed by atoms with Crippen LogP contribution in [0, 0.1) is 6.92 Å². The zero-order chi connectivity index (χ0) is 19.8. The van der Waals surface area contributed by atoms with Gasteiger partial charge in [0.2, 0.25) is 0 Å². The minimum absolute atomic E-state index is 0.0219. The maximum atomic E-state index is 11.2. The minimum Gasteiger partial charge on any atom is -0.481 e. The molecule has 0 radical (unpaired) electrons. The zero-order valence-electron chi connectivity index (χ0n) is 16.2. The van der Waals surface area contributed by atoms with Crippen LogP contribution in [0.2, 0.25) is 0 Å². The van der Waals surface area contributed by atoms with Gasteiger partial charge in [0.25, 0.3) is 0 Å². The first-order valence-corrected chi connectivity index (χ1v) is 9.83. The molecule has 6 nitrogen and oxygen atoms in total. The highest BCUT2D eigenvalue weighted by Gasteiger charge is 2.16. The lowest BCUT2D eigenvalue weighted by Gasteiger charge is -2.14. The van der Waals surface area contributed by atoms with Crippen LogP contribution in [0.3, 0.4) is 0 Å². The summed E-state index contributed by atoms with van der Waals surface area (Å²) < 4.78 is 0. The second-order valence-corrected chi connectivity index (χ2v) is 7.16. The van der Waals surface area contributed by atoms with E-state index < -0.39 is 5.97 Å². The molecule has 0 amide bonds. The number of unbranched alkanes of at least 4 members (excludes halogenated alkanes) is 3. The summed E-state index contributed by atoms with van der Waals surface area (Å²) in [6.07, 6.45) is 11.5. The van der Waals surface area contributed by atoms with Gasteiger partial charge in [0.05, 0.1) is 6.42 Å². The molecule has 1 unspecified atom stereocenters. The van der Waals surface area contributed by atoms with Gasteiger partial charge in [-0.25, -0.2) is 19.9 Å². The first-order chi connectivity index (χ1) is 13.6. The van der Waals surface area contributed by atoms with Gasteiger partial charge in [-0.1, -0.05) is 19.3 Å². The Hall–Kier alpha value is -2.89. The van der Waals surface area contributed by atoms with Gasteiger partial charge in [0.15, 0.2) is 5.65 Å². The number of carboxylic acid groups (broad SMARTS) is 1. The normalized spacial score (nSPS) is 12.2. The first-order valence-electron chi connectivity index (χ1n) is 9.83. The second-order valence-electron chi connectivity index (χ2n) is 7.16. The molecular formula is C22H26N4O2. The van der Waals surface area contributed by atoms with Gasteiger partial charge in [-0.15, -0.1) is 0 Å². The second kappa shape index (κ2) is 9.88. The molecule has 0 saturated heterocycles. The largest absolute Gasteiger partial charge is 0.481 e. The van der Waals surface area contributed by atoms with Gasteiger partial charge < -0.3 is 5.11 Å². The number of aliphatic carboxylic acids is 1. The minimum atomic E-state index is -0.776. The standard InChI is InChI=1S/C22H26N4O2/c1-16-24-14-19(15-25-16)18(13-21(27)28)7-4-2-3-5-9-20-11-10-17-8-6-12-23-22(17)26-20/h6,8,10-12,14-15,18H,2-5,7,9,13H2,1H3,(H,27,28).